The molecule has 0 aliphatic heterocycles. The van der Waals surface area contributed by atoms with Crippen LogP contribution in [0.2, 0.25) is 10.0 Å². The van der Waals surface area contributed by atoms with Gasteiger partial charge in [0, 0.05) is 16.5 Å². The van der Waals surface area contributed by atoms with Crippen molar-refractivity contribution in [2.75, 3.05) is 0 Å². The summed E-state index contributed by atoms with van der Waals surface area (Å²) in [7, 11) is 0. The molecule has 1 N–H and O–H groups in total. The fourth-order valence-corrected chi connectivity index (χ4v) is 3.89. The fraction of sp³-hybridized carbons (Fsp3) is 0.182. The van der Waals surface area contributed by atoms with Gasteiger partial charge in [-0.2, -0.15) is 0 Å². The molecule has 1 atom stereocenters. The van der Waals surface area contributed by atoms with E-state index in [1.807, 2.05) is 47.9 Å². The smallest absolute Gasteiger partial charge is 0.243 e. The Hall–Kier alpha value is -2.76. The minimum atomic E-state index is -0.478. The molecule has 4 rings (SSSR count). The molecule has 0 saturated heterocycles. The second kappa shape index (κ2) is 8.31. The van der Waals surface area contributed by atoms with E-state index in [0.717, 1.165) is 22.4 Å². The van der Waals surface area contributed by atoms with Crippen LogP contribution in [0.15, 0.2) is 65.3 Å². The van der Waals surface area contributed by atoms with E-state index in [4.69, 9.17) is 32.6 Å². The van der Waals surface area contributed by atoms with Crippen molar-refractivity contribution >= 4 is 40.1 Å². The number of hydrogen-bond acceptors (Lipinski definition) is 3. The van der Waals surface area contributed by atoms with Gasteiger partial charge in [0.15, 0.2) is 0 Å². The van der Waals surface area contributed by atoms with Crippen molar-refractivity contribution in [2.24, 2.45) is 0 Å². The number of hydrogen-bond donors (Lipinski definition) is 1. The standard InChI is InChI=1S/C22H19Cl2N3O2/c1-14(22(28)25-13-15-6-5-11-29-15)27-20-10-3-2-9-19(20)26-21(27)12-16-17(23)7-4-8-18(16)24/h2-11,14H,12-13H2,1H3,(H,25,28). The van der Waals surface area contributed by atoms with Crippen molar-refractivity contribution in [2.45, 2.75) is 25.9 Å². The summed E-state index contributed by atoms with van der Waals surface area (Å²) in [5.74, 6) is 1.29. The van der Waals surface area contributed by atoms with Crippen molar-refractivity contribution in [1.82, 2.24) is 14.9 Å². The number of carbonyl (C=O) groups excluding carboxylic acids is 1. The predicted molar refractivity (Wildman–Crippen MR) is 114 cm³/mol. The number of imidazole rings is 1. The van der Waals surface area contributed by atoms with Crippen LogP contribution >= 0.6 is 23.2 Å². The number of carbonyl (C=O) groups is 1. The van der Waals surface area contributed by atoms with Crippen LogP contribution in [0.4, 0.5) is 0 Å². The van der Waals surface area contributed by atoms with Crippen molar-refractivity contribution < 1.29 is 9.21 Å². The second-order valence-electron chi connectivity index (χ2n) is 6.74. The zero-order valence-electron chi connectivity index (χ0n) is 15.7. The van der Waals surface area contributed by atoms with Crippen molar-refractivity contribution in [3.05, 3.63) is 88.1 Å². The second-order valence-corrected chi connectivity index (χ2v) is 7.55. The van der Waals surface area contributed by atoms with E-state index >= 15 is 0 Å². The lowest BCUT2D eigenvalue weighted by molar-refractivity contribution is -0.124. The Morgan fingerprint density at radius 3 is 2.59 bits per heavy atom. The molecule has 2 aromatic heterocycles. The number of furan rings is 1. The Kier molecular flexibility index (Phi) is 5.60. The van der Waals surface area contributed by atoms with Crippen LogP contribution in [0.25, 0.3) is 11.0 Å². The molecular weight excluding hydrogens is 409 g/mol. The van der Waals surface area contributed by atoms with Crippen LogP contribution in [0.5, 0.6) is 0 Å². The molecule has 1 amide bonds. The molecule has 29 heavy (non-hydrogen) atoms. The summed E-state index contributed by atoms with van der Waals surface area (Å²) in [6.07, 6.45) is 2.00. The summed E-state index contributed by atoms with van der Waals surface area (Å²) >= 11 is 12.7. The lowest BCUT2D eigenvalue weighted by Gasteiger charge is -2.18. The Morgan fingerprint density at radius 2 is 1.86 bits per heavy atom. The summed E-state index contributed by atoms with van der Waals surface area (Å²) < 4.78 is 7.23. The van der Waals surface area contributed by atoms with Gasteiger partial charge in [0.05, 0.1) is 23.8 Å². The van der Waals surface area contributed by atoms with E-state index in [9.17, 15) is 4.79 Å². The number of benzene rings is 2. The molecule has 2 aromatic carbocycles. The van der Waals surface area contributed by atoms with Gasteiger partial charge in [0.25, 0.3) is 0 Å². The summed E-state index contributed by atoms with van der Waals surface area (Å²) in [5.41, 5.74) is 2.48. The van der Waals surface area contributed by atoms with Crippen LogP contribution in [-0.2, 0) is 17.8 Å². The summed E-state index contributed by atoms with van der Waals surface area (Å²) in [6, 6.07) is 16.3. The average Bonchev–Trinajstić information content (AvgIpc) is 3.35. The van der Waals surface area contributed by atoms with Crippen molar-refractivity contribution in [3.63, 3.8) is 0 Å². The SMILES string of the molecule is CC(C(=O)NCc1ccco1)n1c(Cc2c(Cl)cccc2Cl)nc2ccccc21. The molecule has 0 radical (unpaired) electrons. The molecular formula is C22H19Cl2N3O2. The van der Waals surface area contributed by atoms with Crippen LogP contribution < -0.4 is 5.32 Å². The third-order valence-corrected chi connectivity index (χ3v) is 5.56. The molecule has 2 heterocycles. The molecule has 0 fully saturated rings. The van der Waals surface area contributed by atoms with Crippen LogP contribution in [0.3, 0.4) is 0 Å². The summed E-state index contributed by atoms with van der Waals surface area (Å²) in [4.78, 5) is 17.6. The lowest BCUT2D eigenvalue weighted by Crippen LogP contribution is -2.31. The monoisotopic (exact) mass is 427 g/mol. The Bertz CT molecular complexity index is 1130. The highest BCUT2D eigenvalue weighted by atomic mass is 35.5. The highest BCUT2D eigenvalue weighted by Crippen LogP contribution is 2.29. The molecule has 1 unspecified atom stereocenters. The molecule has 0 aliphatic carbocycles. The van der Waals surface area contributed by atoms with E-state index in [-0.39, 0.29) is 5.91 Å². The van der Waals surface area contributed by atoms with Gasteiger partial charge < -0.3 is 14.3 Å². The maximum atomic E-state index is 12.9. The zero-order chi connectivity index (χ0) is 20.4. The first-order valence-corrected chi connectivity index (χ1v) is 9.99. The summed E-state index contributed by atoms with van der Waals surface area (Å²) in [5, 5.41) is 4.07. The van der Waals surface area contributed by atoms with Gasteiger partial charge in [-0.05, 0) is 48.9 Å². The molecule has 0 aliphatic rings. The largest absolute Gasteiger partial charge is 0.467 e. The highest BCUT2D eigenvalue weighted by Gasteiger charge is 2.22. The van der Waals surface area contributed by atoms with Gasteiger partial charge in [-0.15, -0.1) is 0 Å². The highest BCUT2D eigenvalue weighted by molar-refractivity contribution is 6.36. The number of aromatic nitrogens is 2. The molecule has 7 heteroatoms. The number of para-hydroxylation sites is 2. The molecule has 5 nitrogen and oxygen atoms in total. The van der Waals surface area contributed by atoms with Gasteiger partial charge in [-0.1, -0.05) is 41.4 Å². The molecule has 4 aromatic rings. The number of halogens is 2. The number of nitrogens with zero attached hydrogens (tertiary/aromatic N) is 2. The van der Waals surface area contributed by atoms with E-state index in [1.165, 1.54) is 0 Å². The van der Waals surface area contributed by atoms with Gasteiger partial charge in [-0.25, -0.2) is 4.98 Å². The van der Waals surface area contributed by atoms with E-state index in [1.54, 1.807) is 24.5 Å². The maximum Gasteiger partial charge on any atom is 0.243 e. The Balaban J connectivity index is 1.68. The van der Waals surface area contributed by atoms with Crippen LogP contribution in [0.1, 0.15) is 30.1 Å². The fourth-order valence-electron chi connectivity index (χ4n) is 3.36. The minimum absolute atomic E-state index is 0.129. The number of fused-ring (bicyclic) bond motifs is 1. The number of amides is 1. The summed E-state index contributed by atoms with van der Waals surface area (Å²) in [6.45, 7) is 2.18. The van der Waals surface area contributed by atoms with Crippen molar-refractivity contribution in [1.29, 1.82) is 0 Å². The first-order chi connectivity index (χ1) is 14.0. The first kappa shape index (κ1) is 19.6. The van der Waals surface area contributed by atoms with E-state index in [2.05, 4.69) is 5.32 Å². The average molecular weight is 428 g/mol. The number of rotatable bonds is 6. The Morgan fingerprint density at radius 1 is 1.10 bits per heavy atom. The number of nitrogens with one attached hydrogen (secondary N) is 1. The van der Waals surface area contributed by atoms with Gasteiger partial charge in [-0.3, -0.25) is 4.79 Å². The van der Waals surface area contributed by atoms with Crippen LogP contribution in [0, 0.1) is 0 Å². The van der Waals surface area contributed by atoms with E-state index < -0.39 is 6.04 Å². The third-order valence-electron chi connectivity index (χ3n) is 4.85. The topological polar surface area (TPSA) is 60.1 Å². The Labute approximate surface area is 178 Å². The predicted octanol–water partition coefficient (Wildman–Crippen LogP) is 5.40. The van der Waals surface area contributed by atoms with Crippen LogP contribution in [-0.4, -0.2) is 15.5 Å². The third kappa shape index (κ3) is 4.02. The normalized spacial score (nSPS) is 12.2. The quantitative estimate of drug-likeness (QED) is 0.447. The lowest BCUT2D eigenvalue weighted by atomic mass is 10.1. The van der Waals surface area contributed by atoms with Gasteiger partial charge >= 0.3 is 0 Å². The zero-order valence-corrected chi connectivity index (χ0v) is 17.2. The molecule has 148 valence electrons. The van der Waals surface area contributed by atoms with Gasteiger partial charge in [0.1, 0.15) is 17.6 Å². The molecule has 0 saturated carbocycles. The maximum absolute atomic E-state index is 12.9. The van der Waals surface area contributed by atoms with Gasteiger partial charge in [0.2, 0.25) is 5.91 Å². The minimum Gasteiger partial charge on any atom is -0.467 e. The van der Waals surface area contributed by atoms with E-state index in [0.29, 0.717) is 28.8 Å². The first-order valence-electron chi connectivity index (χ1n) is 9.23. The van der Waals surface area contributed by atoms with Crippen molar-refractivity contribution in [3.8, 4) is 0 Å². The molecule has 0 bridgehead atoms. The molecule has 0 spiro atoms.